The second kappa shape index (κ2) is 7.57. The summed E-state index contributed by atoms with van der Waals surface area (Å²) in [6, 6.07) is 9.29. The topological polar surface area (TPSA) is 75.9 Å². The van der Waals surface area contributed by atoms with E-state index in [0.717, 1.165) is 11.3 Å². The summed E-state index contributed by atoms with van der Waals surface area (Å²) in [5.41, 5.74) is 2.09. The summed E-state index contributed by atoms with van der Waals surface area (Å²) in [5, 5.41) is 9.31. The molecule has 112 valence electrons. The summed E-state index contributed by atoms with van der Waals surface area (Å²) < 4.78 is 4.99. The molecule has 0 amide bonds. The summed E-state index contributed by atoms with van der Waals surface area (Å²) in [4.78, 5) is 20.2. The molecule has 0 bridgehead atoms. The number of nitrogens with zero attached hydrogens (tertiary/aromatic N) is 3. The Kier molecular flexibility index (Phi) is 5.50. The summed E-state index contributed by atoms with van der Waals surface area (Å²) >= 11 is 1.23. The van der Waals surface area contributed by atoms with Gasteiger partial charge in [0.1, 0.15) is 16.3 Å². The lowest BCUT2D eigenvalue weighted by molar-refractivity contribution is -0.142. The van der Waals surface area contributed by atoms with Gasteiger partial charge in [0.05, 0.1) is 17.9 Å². The van der Waals surface area contributed by atoms with E-state index in [1.165, 1.54) is 11.8 Å². The van der Waals surface area contributed by atoms with Gasteiger partial charge in [0, 0.05) is 18.0 Å². The predicted octanol–water partition coefficient (Wildman–Crippen LogP) is 3.06. The number of carbonyl (C=O) groups excluding carboxylic acids is 1. The third kappa shape index (κ3) is 3.83. The molecule has 0 radical (unpaired) electrons. The van der Waals surface area contributed by atoms with Gasteiger partial charge in [0.2, 0.25) is 0 Å². The van der Waals surface area contributed by atoms with Crippen LogP contribution in [0, 0.1) is 11.3 Å². The Balaban J connectivity index is 2.30. The predicted molar refractivity (Wildman–Crippen MR) is 84.1 cm³/mol. The van der Waals surface area contributed by atoms with Gasteiger partial charge >= 0.3 is 5.97 Å². The van der Waals surface area contributed by atoms with E-state index in [4.69, 9.17) is 4.74 Å². The normalized spacial score (nSPS) is 11.5. The Morgan fingerprint density at radius 1 is 1.36 bits per heavy atom. The fraction of sp³-hybridized carbons (Fsp3) is 0.250. The van der Waals surface area contributed by atoms with Gasteiger partial charge in [-0.2, -0.15) is 5.26 Å². The van der Waals surface area contributed by atoms with Crippen molar-refractivity contribution in [3.05, 3.63) is 42.2 Å². The fourth-order valence-electron chi connectivity index (χ4n) is 1.77. The number of carbonyl (C=O) groups is 1. The molecule has 6 heteroatoms. The highest BCUT2D eigenvalue weighted by Crippen LogP contribution is 2.28. The monoisotopic (exact) mass is 313 g/mol. The molecule has 0 fully saturated rings. The van der Waals surface area contributed by atoms with Crippen LogP contribution in [0.25, 0.3) is 11.3 Å². The maximum absolute atomic E-state index is 11.7. The first-order valence-corrected chi connectivity index (χ1v) is 7.68. The van der Waals surface area contributed by atoms with Crippen molar-refractivity contribution in [2.75, 3.05) is 6.61 Å². The summed E-state index contributed by atoms with van der Waals surface area (Å²) in [7, 11) is 0. The first-order valence-electron chi connectivity index (χ1n) is 6.80. The summed E-state index contributed by atoms with van der Waals surface area (Å²) in [5.74, 6) is -0.312. The highest BCUT2D eigenvalue weighted by Gasteiger charge is 2.19. The van der Waals surface area contributed by atoms with Crippen molar-refractivity contribution in [3.8, 4) is 17.3 Å². The molecule has 1 atom stereocenters. The minimum absolute atomic E-state index is 0.312. The van der Waals surface area contributed by atoms with Crippen molar-refractivity contribution in [3.63, 3.8) is 0 Å². The fourth-order valence-corrected chi connectivity index (χ4v) is 2.66. The van der Waals surface area contributed by atoms with Crippen LogP contribution in [0.5, 0.6) is 0 Å². The number of hydrogen-bond acceptors (Lipinski definition) is 6. The molecule has 0 spiro atoms. The first-order chi connectivity index (χ1) is 10.7. The number of esters is 1. The van der Waals surface area contributed by atoms with Crippen molar-refractivity contribution < 1.29 is 9.53 Å². The van der Waals surface area contributed by atoms with Crippen LogP contribution in [0.15, 0.2) is 41.7 Å². The first kappa shape index (κ1) is 16.0. The van der Waals surface area contributed by atoms with Crippen LogP contribution in [-0.4, -0.2) is 27.8 Å². The quantitative estimate of drug-likeness (QED) is 0.624. The van der Waals surface area contributed by atoms with E-state index >= 15 is 0 Å². The molecule has 2 rings (SSSR count). The third-order valence-corrected chi connectivity index (χ3v) is 3.94. The van der Waals surface area contributed by atoms with Crippen LogP contribution in [0.2, 0.25) is 0 Å². The highest BCUT2D eigenvalue weighted by molar-refractivity contribution is 8.00. The zero-order valence-corrected chi connectivity index (χ0v) is 13.1. The van der Waals surface area contributed by atoms with Crippen LogP contribution in [0.1, 0.15) is 19.4 Å². The average Bonchev–Trinajstić information content (AvgIpc) is 2.55. The van der Waals surface area contributed by atoms with Crippen LogP contribution < -0.4 is 0 Å². The number of nitriles is 1. The second-order valence-corrected chi connectivity index (χ2v) is 5.74. The molecule has 0 aliphatic rings. The van der Waals surface area contributed by atoms with E-state index in [1.54, 1.807) is 38.4 Å². The summed E-state index contributed by atoms with van der Waals surface area (Å²) in [6.07, 6.45) is 3.37. The van der Waals surface area contributed by atoms with Crippen molar-refractivity contribution in [2.45, 2.75) is 24.1 Å². The molecule has 0 saturated heterocycles. The maximum atomic E-state index is 11.7. The van der Waals surface area contributed by atoms with Crippen LogP contribution in [0.3, 0.4) is 0 Å². The Morgan fingerprint density at radius 2 is 2.09 bits per heavy atom. The Morgan fingerprint density at radius 3 is 2.73 bits per heavy atom. The van der Waals surface area contributed by atoms with Gasteiger partial charge in [-0.05, 0) is 38.1 Å². The highest BCUT2D eigenvalue weighted by atomic mass is 32.2. The number of ether oxygens (including phenoxy) is 1. The number of pyridine rings is 2. The Hall–Kier alpha value is -2.39. The van der Waals surface area contributed by atoms with E-state index < -0.39 is 5.25 Å². The van der Waals surface area contributed by atoms with Crippen molar-refractivity contribution >= 4 is 17.7 Å². The van der Waals surface area contributed by atoms with E-state index in [9.17, 15) is 10.1 Å². The van der Waals surface area contributed by atoms with Gasteiger partial charge in [-0.1, -0.05) is 11.8 Å². The lowest BCUT2D eigenvalue weighted by Gasteiger charge is -2.11. The lowest BCUT2D eigenvalue weighted by Crippen LogP contribution is -2.17. The van der Waals surface area contributed by atoms with Gasteiger partial charge < -0.3 is 4.74 Å². The van der Waals surface area contributed by atoms with Gasteiger partial charge in [-0.25, -0.2) is 4.98 Å². The molecule has 0 N–H and O–H groups in total. The third-order valence-electron chi connectivity index (χ3n) is 2.86. The molecular formula is C16H15N3O2S. The number of hydrogen-bond donors (Lipinski definition) is 0. The zero-order valence-electron chi connectivity index (χ0n) is 12.3. The van der Waals surface area contributed by atoms with Crippen molar-refractivity contribution in [1.82, 2.24) is 9.97 Å². The minimum Gasteiger partial charge on any atom is -0.465 e. The molecular weight excluding hydrogens is 298 g/mol. The number of rotatable bonds is 5. The van der Waals surface area contributed by atoms with E-state index in [0.29, 0.717) is 17.2 Å². The molecule has 2 aromatic heterocycles. The molecule has 5 nitrogen and oxygen atoms in total. The van der Waals surface area contributed by atoms with Gasteiger partial charge in [0.25, 0.3) is 0 Å². The van der Waals surface area contributed by atoms with E-state index in [1.807, 2.05) is 12.1 Å². The minimum atomic E-state index is -0.424. The SMILES string of the molecule is CCOC(=O)[C@H](C)Sc1nc(-c2ccncc2)ccc1C#N. The molecule has 0 aromatic carbocycles. The lowest BCUT2D eigenvalue weighted by atomic mass is 10.1. The van der Waals surface area contributed by atoms with Crippen molar-refractivity contribution in [2.24, 2.45) is 0 Å². The second-order valence-electron chi connectivity index (χ2n) is 4.41. The smallest absolute Gasteiger partial charge is 0.319 e. The van der Waals surface area contributed by atoms with Crippen LogP contribution in [0.4, 0.5) is 0 Å². The molecule has 0 aliphatic heterocycles. The number of aromatic nitrogens is 2. The maximum Gasteiger partial charge on any atom is 0.319 e. The molecule has 2 aromatic rings. The Bertz CT molecular complexity index is 698. The van der Waals surface area contributed by atoms with E-state index in [-0.39, 0.29) is 5.97 Å². The molecule has 0 aliphatic carbocycles. The molecule has 0 saturated carbocycles. The van der Waals surface area contributed by atoms with Crippen LogP contribution in [-0.2, 0) is 9.53 Å². The standard InChI is InChI=1S/C16H15N3O2S/c1-3-21-16(20)11(2)22-15-13(10-17)4-5-14(19-15)12-6-8-18-9-7-12/h4-9,11H,3H2,1-2H3/t11-/m0/s1. The van der Waals surface area contributed by atoms with Gasteiger partial charge in [-0.15, -0.1) is 0 Å². The summed E-state index contributed by atoms with van der Waals surface area (Å²) in [6.45, 7) is 3.84. The van der Waals surface area contributed by atoms with Crippen molar-refractivity contribution in [1.29, 1.82) is 5.26 Å². The number of thioether (sulfide) groups is 1. The average molecular weight is 313 g/mol. The zero-order chi connectivity index (χ0) is 15.9. The van der Waals surface area contributed by atoms with E-state index in [2.05, 4.69) is 16.0 Å². The van der Waals surface area contributed by atoms with Crippen LogP contribution >= 0.6 is 11.8 Å². The van der Waals surface area contributed by atoms with Gasteiger partial charge in [-0.3, -0.25) is 9.78 Å². The molecule has 2 heterocycles. The Labute approximate surface area is 133 Å². The largest absolute Gasteiger partial charge is 0.465 e. The van der Waals surface area contributed by atoms with Gasteiger partial charge in [0.15, 0.2) is 0 Å². The molecule has 0 unspecified atom stereocenters. The molecule has 22 heavy (non-hydrogen) atoms.